The monoisotopic (exact) mass is 293 g/mol. The molecule has 0 saturated carbocycles. The second-order valence-corrected chi connectivity index (χ2v) is 4.25. The summed E-state index contributed by atoms with van der Waals surface area (Å²) < 4.78 is 0. The van der Waals surface area contributed by atoms with Crippen molar-refractivity contribution in [1.82, 2.24) is 10.3 Å². The van der Waals surface area contributed by atoms with Crippen LogP contribution in [0.1, 0.15) is 32.5 Å². The fraction of sp³-hybridized carbons (Fsp3) is 0.500. The van der Waals surface area contributed by atoms with Gasteiger partial charge in [0.25, 0.3) is 0 Å². The smallest absolute Gasteiger partial charge is 0.237 e. The lowest BCUT2D eigenvalue weighted by molar-refractivity contribution is -0.123. The van der Waals surface area contributed by atoms with Crippen molar-refractivity contribution in [2.45, 2.75) is 32.9 Å². The lowest BCUT2D eigenvalue weighted by Crippen LogP contribution is -2.44. The van der Waals surface area contributed by atoms with Gasteiger partial charge in [-0.05, 0) is 25.0 Å². The van der Waals surface area contributed by atoms with Crippen LogP contribution in [-0.4, -0.2) is 16.9 Å². The highest BCUT2D eigenvalue weighted by Crippen LogP contribution is 2.09. The van der Waals surface area contributed by atoms with Crippen LogP contribution in [0.4, 0.5) is 0 Å². The van der Waals surface area contributed by atoms with E-state index in [0.29, 0.717) is 0 Å². The van der Waals surface area contributed by atoms with Gasteiger partial charge >= 0.3 is 0 Å². The molecule has 18 heavy (non-hydrogen) atoms. The zero-order valence-corrected chi connectivity index (χ0v) is 12.4. The minimum absolute atomic E-state index is 0. The first-order chi connectivity index (χ1) is 7.52. The summed E-state index contributed by atoms with van der Waals surface area (Å²) in [5.41, 5.74) is 6.59. The predicted molar refractivity (Wildman–Crippen MR) is 78.1 cm³/mol. The minimum atomic E-state index is -0.467. The van der Waals surface area contributed by atoms with Crippen molar-refractivity contribution in [1.29, 1.82) is 0 Å². The van der Waals surface area contributed by atoms with E-state index in [1.807, 2.05) is 39.0 Å². The maximum atomic E-state index is 11.7. The van der Waals surface area contributed by atoms with Crippen molar-refractivity contribution < 1.29 is 4.79 Å². The van der Waals surface area contributed by atoms with Crippen molar-refractivity contribution in [2.24, 2.45) is 11.7 Å². The van der Waals surface area contributed by atoms with Gasteiger partial charge in [0.05, 0.1) is 17.8 Å². The van der Waals surface area contributed by atoms with Gasteiger partial charge in [0.1, 0.15) is 0 Å². The van der Waals surface area contributed by atoms with Gasteiger partial charge in [0.2, 0.25) is 5.91 Å². The van der Waals surface area contributed by atoms with E-state index < -0.39 is 6.04 Å². The lowest BCUT2D eigenvalue weighted by atomic mass is 10.0. The van der Waals surface area contributed by atoms with Crippen molar-refractivity contribution in [3.63, 3.8) is 0 Å². The van der Waals surface area contributed by atoms with Crippen LogP contribution in [0.5, 0.6) is 0 Å². The molecule has 0 aliphatic rings. The van der Waals surface area contributed by atoms with E-state index in [9.17, 15) is 4.79 Å². The molecule has 0 bridgehead atoms. The maximum absolute atomic E-state index is 11.7. The van der Waals surface area contributed by atoms with Crippen LogP contribution in [0, 0.1) is 5.92 Å². The second-order valence-electron chi connectivity index (χ2n) is 4.25. The van der Waals surface area contributed by atoms with Gasteiger partial charge in [-0.15, -0.1) is 24.8 Å². The first-order valence-corrected chi connectivity index (χ1v) is 5.49. The molecule has 1 aromatic heterocycles. The Hall–Kier alpha value is -0.840. The maximum Gasteiger partial charge on any atom is 0.237 e. The summed E-state index contributed by atoms with van der Waals surface area (Å²) in [6, 6.07) is 5.04. The van der Waals surface area contributed by atoms with E-state index in [2.05, 4.69) is 10.3 Å². The van der Waals surface area contributed by atoms with Crippen molar-refractivity contribution in [3.8, 4) is 0 Å². The number of nitrogens with one attached hydrogen (secondary N) is 1. The van der Waals surface area contributed by atoms with Crippen molar-refractivity contribution >= 4 is 30.7 Å². The van der Waals surface area contributed by atoms with Gasteiger partial charge in [0, 0.05) is 6.20 Å². The molecule has 3 N–H and O–H groups in total. The Morgan fingerprint density at radius 1 is 1.28 bits per heavy atom. The molecule has 2 atom stereocenters. The number of nitrogens with zero attached hydrogens (tertiary/aromatic N) is 1. The van der Waals surface area contributed by atoms with Gasteiger partial charge < -0.3 is 11.1 Å². The van der Waals surface area contributed by atoms with Crippen LogP contribution in [0.25, 0.3) is 0 Å². The summed E-state index contributed by atoms with van der Waals surface area (Å²) in [6.07, 6.45) is 1.71. The van der Waals surface area contributed by atoms with Crippen molar-refractivity contribution in [2.75, 3.05) is 0 Å². The molecule has 1 heterocycles. The van der Waals surface area contributed by atoms with E-state index in [4.69, 9.17) is 5.73 Å². The van der Waals surface area contributed by atoms with Crippen LogP contribution >= 0.6 is 24.8 Å². The molecule has 0 spiro atoms. The second kappa shape index (κ2) is 9.14. The topological polar surface area (TPSA) is 68.0 Å². The third-order valence-electron chi connectivity index (χ3n) is 2.51. The third kappa shape index (κ3) is 5.67. The summed E-state index contributed by atoms with van der Waals surface area (Å²) in [5, 5.41) is 2.85. The highest BCUT2D eigenvalue weighted by Gasteiger charge is 2.19. The largest absolute Gasteiger partial charge is 0.347 e. The number of carbonyl (C=O) groups is 1. The highest BCUT2D eigenvalue weighted by atomic mass is 35.5. The molecule has 0 radical (unpaired) electrons. The van der Waals surface area contributed by atoms with Gasteiger partial charge in [-0.1, -0.05) is 19.9 Å². The lowest BCUT2D eigenvalue weighted by Gasteiger charge is -2.19. The minimum Gasteiger partial charge on any atom is -0.347 e. The molecule has 1 amide bonds. The fourth-order valence-corrected chi connectivity index (χ4v) is 1.32. The van der Waals surface area contributed by atoms with Gasteiger partial charge in [-0.3, -0.25) is 9.78 Å². The van der Waals surface area contributed by atoms with E-state index in [1.165, 1.54) is 0 Å². The summed E-state index contributed by atoms with van der Waals surface area (Å²) in [5.74, 6) is 0.00378. The number of carbonyl (C=O) groups excluding carboxylic acids is 1. The Balaban J connectivity index is 0. The third-order valence-corrected chi connectivity index (χ3v) is 2.51. The van der Waals surface area contributed by atoms with Gasteiger partial charge in [-0.25, -0.2) is 0 Å². The van der Waals surface area contributed by atoms with Gasteiger partial charge in [0.15, 0.2) is 0 Å². The van der Waals surface area contributed by atoms with E-state index in [0.717, 1.165) is 5.69 Å². The number of nitrogens with two attached hydrogens (primary N) is 1. The van der Waals surface area contributed by atoms with Crippen LogP contribution in [0.2, 0.25) is 0 Å². The number of pyridine rings is 1. The van der Waals surface area contributed by atoms with E-state index in [-0.39, 0.29) is 42.7 Å². The van der Waals surface area contributed by atoms with E-state index in [1.54, 1.807) is 6.20 Å². The molecule has 0 fully saturated rings. The van der Waals surface area contributed by atoms with Crippen LogP contribution in [0.3, 0.4) is 0 Å². The number of halogens is 2. The Morgan fingerprint density at radius 2 is 1.89 bits per heavy atom. The predicted octanol–water partition coefficient (Wildman–Crippen LogP) is 2.09. The first-order valence-electron chi connectivity index (χ1n) is 5.49. The first kappa shape index (κ1) is 19.5. The molecule has 104 valence electrons. The number of aromatic nitrogens is 1. The molecule has 0 aliphatic heterocycles. The average Bonchev–Trinajstić information content (AvgIpc) is 2.28. The summed E-state index contributed by atoms with van der Waals surface area (Å²) >= 11 is 0. The standard InChI is InChI=1S/C12H19N3O.2ClH/c1-8(2)11(13)12(16)15-9(3)10-6-4-5-7-14-10;;/h4-9,11H,13H2,1-3H3,(H,15,16);2*1H/t9?,11-;;/m1../s1. The molecule has 1 unspecified atom stereocenters. The zero-order chi connectivity index (χ0) is 12.1. The molecule has 0 aromatic carbocycles. The normalized spacial score (nSPS) is 12.9. The summed E-state index contributed by atoms with van der Waals surface area (Å²) in [7, 11) is 0. The fourth-order valence-electron chi connectivity index (χ4n) is 1.32. The molecule has 6 heteroatoms. The Labute approximate surface area is 121 Å². The molecule has 0 aliphatic carbocycles. The molecular weight excluding hydrogens is 273 g/mol. The number of amides is 1. The SMILES string of the molecule is CC(NC(=O)[C@H](N)C(C)C)c1ccccn1.Cl.Cl. The van der Waals surface area contributed by atoms with Crippen LogP contribution in [0.15, 0.2) is 24.4 Å². The molecule has 4 nitrogen and oxygen atoms in total. The highest BCUT2D eigenvalue weighted by molar-refractivity contribution is 5.85. The van der Waals surface area contributed by atoms with Crippen LogP contribution in [-0.2, 0) is 4.79 Å². The molecule has 1 aromatic rings. The summed E-state index contributed by atoms with van der Waals surface area (Å²) in [4.78, 5) is 15.9. The Morgan fingerprint density at radius 3 is 2.33 bits per heavy atom. The number of hydrogen-bond donors (Lipinski definition) is 2. The van der Waals surface area contributed by atoms with Crippen LogP contribution < -0.4 is 11.1 Å². The average molecular weight is 294 g/mol. The Bertz CT molecular complexity index is 346. The van der Waals surface area contributed by atoms with Gasteiger partial charge in [-0.2, -0.15) is 0 Å². The summed E-state index contributed by atoms with van der Waals surface area (Å²) in [6.45, 7) is 5.75. The van der Waals surface area contributed by atoms with Crippen molar-refractivity contribution in [3.05, 3.63) is 30.1 Å². The molecular formula is C12H21Cl2N3O. The molecule has 1 rings (SSSR count). The molecule has 0 saturated heterocycles. The quantitative estimate of drug-likeness (QED) is 0.893. The van der Waals surface area contributed by atoms with E-state index >= 15 is 0 Å². The zero-order valence-electron chi connectivity index (χ0n) is 10.8. The number of hydrogen-bond acceptors (Lipinski definition) is 3. The Kier molecular flexibility index (Phi) is 9.90. The number of rotatable bonds is 4.